The third kappa shape index (κ3) is 2.90. The maximum atomic E-state index is 11.3. The van der Waals surface area contributed by atoms with E-state index in [-0.39, 0.29) is 10.9 Å². The van der Waals surface area contributed by atoms with E-state index in [0.29, 0.717) is 11.3 Å². The fraction of sp³-hybridized carbons (Fsp3) is 0.200. The Morgan fingerprint density at radius 3 is 2.62 bits per heavy atom. The van der Waals surface area contributed by atoms with Crippen LogP contribution in [0.1, 0.15) is 5.56 Å². The smallest absolute Gasteiger partial charge is 0.247 e. The third-order valence-corrected chi connectivity index (χ3v) is 2.96. The lowest BCUT2D eigenvalue weighted by molar-refractivity contribution is -0.111. The molecule has 1 N–H and O–H groups in total. The van der Waals surface area contributed by atoms with Crippen LogP contribution < -0.4 is 5.32 Å². The van der Waals surface area contributed by atoms with Gasteiger partial charge in [-0.15, -0.1) is 0 Å². The summed E-state index contributed by atoms with van der Waals surface area (Å²) in [5, 5.41) is 2.51. The highest BCUT2D eigenvalue weighted by Crippen LogP contribution is 2.16. The van der Waals surface area contributed by atoms with E-state index in [0.717, 1.165) is 12.3 Å². The van der Waals surface area contributed by atoms with Crippen molar-refractivity contribution in [1.82, 2.24) is 4.98 Å². The molecule has 1 rings (SSSR count). The van der Waals surface area contributed by atoms with Gasteiger partial charge in [0, 0.05) is 6.26 Å². The lowest BCUT2D eigenvalue weighted by Crippen LogP contribution is -2.09. The Morgan fingerprint density at radius 1 is 1.56 bits per heavy atom. The van der Waals surface area contributed by atoms with E-state index in [1.807, 2.05) is 0 Å². The largest absolute Gasteiger partial charge is 0.321 e. The first-order valence-corrected chi connectivity index (χ1v) is 6.34. The van der Waals surface area contributed by atoms with E-state index in [9.17, 15) is 13.2 Å². The lowest BCUT2D eigenvalue weighted by Gasteiger charge is -2.06. The van der Waals surface area contributed by atoms with Crippen molar-refractivity contribution in [3.63, 3.8) is 0 Å². The predicted molar refractivity (Wildman–Crippen MR) is 60.9 cm³/mol. The van der Waals surface area contributed by atoms with Gasteiger partial charge >= 0.3 is 0 Å². The Labute approximate surface area is 94.1 Å². The third-order valence-electron chi connectivity index (χ3n) is 1.83. The second kappa shape index (κ2) is 4.44. The van der Waals surface area contributed by atoms with Crippen molar-refractivity contribution in [3.8, 4) is 0 Å². The van der Waals surface area contributed by atoms with Gasteiger partial charge in [0.15, 0.2) is 14.9 Å². The molecule has 0 atom stereocenters. The quantitative estimate of drug-likeness (QED) is 0.797. The number of nitrogens with zero attached hydrogens (tertiary/aromatic N) is 1. The van der Waals surface area contributed by atoms with E-state index in [1.54, 1.807) is 13.0 Å². The summed E-state index contributed by atoms with van der Waals surface area (Å²) in [6, 6.07) is 1.55. The van der Waals surface area contributed by atoms with Crippen LogP contribution in [0.4, 0.5) is 5.69 Å². The molecule has 0 aliphatic carbocycles. The molecule has 0 aromatic carbocycles. The number of sulfone groups is 1. The molecule has 0 radical (unpaired) electrons. The zero-order valence-corrected chi connectivity index (χ0v) is 9.84. The topological polar surface area (TPSA) is 76.1 Å². The second-order valence-electron chi connectivity index (χ2n) is 3.31. The van der Waals surface area contributed by atoms with Crippen LogP contribution >= 0.6 is 0 Å². The Morgan fingerprint density at radius 2 is 2.19 bits per heavy atom. The van der Waals surface area contributed by atoms with Crippen molar-refractivity contribution in [2.75, 3.05) is 11.6 Å². The van der Waals surface area contributed by atoms with E-state index in [1.165, 1.54) is 6.20 Å². The standard InChI is InChI=1S/C10H12N2O3S/c1-4-9(13)12-8-5-7(2)10(11-6-8)16(3,14)15/h4-6H,1H2,2-3H3,(H,12,13). The number of hydrogen-bond acceptors (Lipinski definition) is 4. The lowest BCUT2D eigenvalue weighted by atomic mass is 10.3. The van der Waals surface area contributed by atoms with Crippen molar-refractivity contribution in [2.45, 2.75) is 11.9 Å². The summed E-state index contributed by atoms with van der Waals surface area (Å²) in [5.74, 6) is -0.367. The van der Waals surface area contributed by atoms with Gasteiger partial charge in [0.2, 0.25) is 5.91 Å². The summed E-state index contributed by atoms with van der Waals surface area (Å²) in [4.78, 5) is 14.8. The monoisotopic (exact) mass is 240 g/mol. The molecular formula is C10H12N2O3S. The fourth-order valence-corrected chi connectivity index (χ4v) is 2.10. The average molecular weight is 240 g/mol. The molecule has 1 heterocycles. The Kier molecular flexibility index (Phi) is 3.44. The van der Waals surface area contributed by atoms with Crippen LogP contribution in [0.2, 0.25) is 0 Å². The molecular weight excluding hydrogens is 228 g/mol. The summed E-state index contributed by atoms with van der Waals surface area (Å²) in [5.41, 5.74) is 0.930. The Bertz CT molecular complexity index is 535. The fourth-order valence-electron chi connectivity index (χ4n) is 1.21. The van der Waals surface area contributed by atoms with Crippen LogP contribution in [-0.4, -0.2) is 25.6 Å². The first kappa shape index (κ1) is 12.4. The minimum atomic E-state index is -3.33. The Balaban J connectivity index is 3.10. The minimum absolute atomic E-state index is 0.0177. The molecule has 0 bridgehead atoms. The van der Waals surface area contributed by atoms with E-state index in [2.05, 4.69) is 16.9 Å². The van der Waals surface area contributed by atoms with Gasteiger partial charge in [-0.2, -0.15) is 0 Å². The molecule has 0 saturated carbocycles. The summed E-state index contributed by atoms with van der Waals surface area (Å²) < 4.78 is 22.6. The van der Waals surface area contributed by atoms with E-state index < -0.39 is 9.84 Å². The predicted octanol–water partition coefficient (Wildman–Crippen LogP) is 0.918. The molecule has 86 valence electrons. The minimum Gasteiger partial charge on any atom is -0.321 e. The van der Waals surface area contributed by atoms with E-state index in [4.69, 9.17) is 0 Å². The van der Waals surface area contributed by atoms with Crippen LogP contribution in [0.5, 0.6) is 0 Å². The molecule has 5 nitrogen and oxygen atoms in total. The molecule has 1 amide bonds. The van der Waals surface area contributed by atoms with Crippen molar-refractivity contribution in [1.29, 1.82) is 0 Å². The number of aromatic nitrogens is 1. The number of aryl methyl sites for hydroxylation is 1. The van der Waals surface area contributed by atoms with Gasteiger partial charge in [-0.25, -0.2) is 13.4 Å². The molecule has 0 aliphatic rings. The second-order valence-corrected chi connectivity index (χ2v) is 5.24. The number of anilines is 1. The zero-order chi connectivity index (χ0) is 12.3. The van der Waals surface area contributed by atoms with Gasteiger partial charge < -0.3 is 5.32 Å². The molecule has 1 aromatic heterocycles. The van der Waals surface area contributed by atoms with Crippen molar-refractivity contribution in [2.24, 2.45) is 0 Å². The maximum Gasteiger partial charge on any atom is 0.247 e. The number of rotatable bonds is 3. The van der Waals surface area contributed by atoms with Crippen molar-refractivity contribution in [3.05, 3.63) is 30.5 Å². The molecule has 0 fully saturated rings. The SMILES string of the molecule is C=CC(=O)Nc1cnc(S(C)(=O)=O)c(C)c1. The van der Waals surface area contributed by atoms with Crippen LogP contribution in [0.25, 0.3) is 0 Å². The first-order chi connectivity index (χ1) is 7.34. The highest BCUT2D eigenvalue weighted by atomic mass is 32.2. The average Bonchev–Trinajstić information content (AvgIpc) is 2.15. The zero-order valence-electron chi connectivity index (χ0n) is 9.02. The summed E-state index contributed by atoms with van der Waals surface area (Å²) in [6.07, 6.45) is 3.51. The van der Waals surface area contributed by atoms with Crippen molar-refractivity contribution >= 4 is 21.4 Å². The van der Waals surface area contributed by atoms with Gasteiger partial charge in [-0.1, -0.05) is 6.58 Å². The summed E-state index contributed by atoms with van der Waals surface area (Å²) in [6.45, 7) is 4.93. The maximum absolute atomic E-state index is 11.3. The number of carbonyl (C=O) groups excluding carboxylic acids is 1. The van der Waals surface area contributed by atoms with Gasteiger partial charge in [-0.05, 0) is 24.6 Å². The van der Waals surface area contributed by atoms with Crippen LogP contribution in [0.3, 0.4) is 0 Å². The molecule has 6 heteroatoms. The Hall–Kier alpha value is -1.69. The molecule has 0 aliphatic heterocycles. The molecule has 0 unspecified atom stereocenters. The highest BCUT2D eigenvalue weighted by molar-refractivity contribution is 7.90. The normalized spacial score (nSPS) is 10.9. The number of nitrogens with one attached hydrogen (secondary N) is 1. The van der Waals surface area contributed by atoms with Gasteiger partial charge in [0.1, 0.15) is 0 Å². The highest BCUT2D eigenvalue weighted by Gasteiger charge is 2.12. The molecule has 16 heavy (non-hydrogen) atoms. The van der Waals surface area contributed by atoms with Gasteiger partial charge in [0.25, 0.3) is 0 Å². The summed E-state index contributed by atoms with van der Waals surface area (Å²) in [7, 11) is -3.33. The van der Waals surface area contributed by atoms with Crippen molar-refractivity contribution < 1.29 is 13.2 Å². The van der Waals surface area contributed by atoms with Gasteiger partial charge in [-0.3, -0.25) is 4.79 Å². The van der Waals surface area contributed by atoms with E-state index >= 15 is 0 Å². The van der Waals surface area contributed by atoms with Crippen LogP contribution in [0.15, 0.2) is 29.9 Å². The summed E-state index contributed by atoms with van der Waals surface area (Å²) >= 11 is 0. The molecule has 1 aromatic rings. The van der Waals surface area contributed by atoms with Gasteiger partial charge in [0.05, 0.1) is 11.9 Å². The first-order valence-electron chi connectivity index (χ1n) is 4.44. The number of hydrogen-bond donors (Lipinski definition) is 1. The van der Waals surface area contributed by atoms with Crippen LogP contribution in [0, 0.1) is 6.92 Å². The molecule has 0 saturated heterocycles. The number of amides is 1. The number of carbonyl (C=O) groups is 1. The van der Waals surface area contributed by atoms with Crippen LogP contribution in [-0.2, 0) is 14.6 Å². The number of pyridine rings is 1. The molecule has 0 spiro atoms.